The molecule has 2 aliphatic rings. The zero-order valence-corrected chi connectivity index (χ0v) is 17.5. The number of halogens is 3. The third-order valence-electron chi connectivity index (χ3n) is 5.47. The fourth-order valence-corrected chi connectivity index (χ4v) is 4.31. The standard InChI is InChI=1S/C19H25Cl2N3O2.ClH/c20-13-7-8-14(21)16(11-13)23-19(26)17-6-1-2-9-24(17)18(25)10-12-4-3-5-15(12)22;/h7-8,11-12,15,17H,1-6,9-10,22H2,(H,23,26);1H/t12-,15+,17?;/m0./s1. The molecule has 5 nitrogen and oxygen atoms in total. The molecule has 0 spiro atoms. The van der Waals surface area contributed by atoms with Gasteiger partial charge >= 0.3 is 0 Å². The summed E-state index contributed by atoms with van der Waals surface area (Å²) < 4.78 is 0. The van der Waals surface area contributed by atoms with Crippen LogP contribution in [0.2, 0.25) is 10.0 Å². The molecule has 1 aromatic rings. The number of nitrogens with two attached hydrogens (primary N) is 1. The van der Waals surface area contributed by atoms with E-state index in [4.69, 9.17) is 28.9 Å². The lowest BCUT2D eigenvalue weighted by atomic mass is 9.96. The second-order valence-corrected chi connectivity index (χ2v) is 8.11. The summed E-state index contributed by atoms with van der Waals surface area (Å²) in [5, 5.41) is 3.76. The monoisotopic (exact) mass is 433 g/mol. The molecule has 1 aliphatic carbocycles. The second-order valence-electron chi connectivity index (χ2n) is 7.27. The fraction of sp³-hybridized carbons (Fsp3) is 0.579. The van der Waals surface area contributed by atoms with Crippen LogP contribution < -0.4 is 11.1 Å². The van der Waals surface area contributed by atoms with Crippen LogP contribution in [0.3, 0.4) is 0 Å². The Labute approximate surface area is 176 Å². The van der Waals surface area contributed by atoms with E-state index in [1.54, 1.807) is 23.1 Å². The molecular weight excluding hydrogens is 409 g/mol. The van der Waals surface area contributed by atoms with Gasteiger partial charge in [0.05, 0.1) is 10.7 Å². The fourth-order valence-electron chi connectivity index (χ4n) is 3.97. The van der Waals surface area contributed by atoms with Crippen molar-refractivity contribution in [2.24, 2.45) is 11.7 Å². The number of piperidine rings is 1. The van der Waals surface area contributed by atoms with E-state index < -0.39 is 6.04 Å². The maximum atomic E-state index is 12.8. The summed E-state index contributed by atoms with van der Waals surface area (Å²) in [4.78, 5) is 27.4. The molecule has 3 atom stereocenters. The number of hydrogen-bond acceptors (Lipinski definition) is 3. The number of anilines is 1. The van der Waals surface area contributed by atoms with Crippen LogP contribution in [0.25, 0.3) is 0 Å². The Hall–Kier alpha value is -1.01. The highest BCUT2D eigenvalue weighted by atomic mass is 35.5. The highest BCUT2D eigenvalue weighted by Crippen LogP contribution is 2.30. The van der Waals surface area contributed by atoms with Crippen molar-refractivity contribution in [3.05, 3.63) is 28.2 Å². The predicted octanol–water partition coefficient (Wildman–Crippen LogP) is 4.25. The van der Waals surface area contributed by atoms with Crippen LogP contribution in [0.5, 0.6) is 0 Å². The zero-order valence-electron chi connectivity index (χ0n) is 15.1. The van der Waals surface area contributed by atoms with Crippen molar-refractivity contribution >= 4 is 53.1 Å². The van der Waals surface area contributed by atoms with Gasteiger partial charge in [-0.3, -0.25) is 9.59 Å². The highest BCUT2D eigenvalue weighted by Gasteiger charge is 2.35. The summed E-state index contributed by atoms with van der Waals surface area (Å²) in [6.45, 7) is 0.613. The van der Waals surface area contributed by atoms with Crippen molar-refractivity contribution in [1.29, 1.82) is 0 Å². The molecule has 8 heteroatoms. The number of likely N-dealkylation sites (tertiary alicyclic amines) is 1. The van der Waals surface area contributed by atoms with Crippen LogP contribution >= 0.6 is 35.6 Å². The third-order valence-corrected chi connectivity index (χ3v) is 6.03. The quantitative estimate of drug-likeness (QED) is 0.743. The van der Waals surface area contributed by atoms with Crippen molar-refractivity contribution in [2.75, 3.05) is 11.9 Å². The summed E-state index contributed by atoms with van der Waals surface area (Å²) in [7, 11) is 0. The molecule has 1 saturated carbocycles. The SMILES string of the molecule is Cl.N[C@@H]1CCC[C@H]1CC(=O)N1CCCCC1C(=O)Nc1cc(Cl)ccc1Cl. The van der Waals surface area contributed by atoms with Gasteiger partial charge in [-0.1, -0.05) is 29.6 Å². The molecule has 1 saturated heterocycles. The first-order chi connectivity index (χ1) is 12.5. The average molecular weight is 435 g/mol. The van der Waals surface area contributed by atoms with Crippen LogP contribution in [-0.2, 0) is 9.59 Å². The van der Waals surface area contributed by atoms with Crippen LogP contribution in [0.1, 0.15) is 44.9 Å². The van der Waals surface area contributed by atoms with Crippen molar-refractivity contribution in [2.45, 2.75) is 57.0 Å². The first-order valence-electron chi connectivity index (χ1n) is 9.26. The van der Waals surface area contributed by atoms with E-state index >= 15 is 0 Å². The van der Waals surface area contributed by atoms with Crippen molar-refractivity contribution in [3.8, 4) is 0 Å². The Morgan fingerprint density at radius 1 is 1.15 bits per heavy atom. The molecule has 1 aromatic carbocycles. The van der Waals surface area contributed by atoms with E-state index in [1.807, 2.05) is 0 Å². The molecule has 1 aliphatic heterocycles. The smallest absolute Gasteiger partial charge is 0.247 e. The Morgan fingerprint density at radius 2 is 1.93 bits per heavy atom. The Bertz CT molecular complexity index is 686. The second kappa shape index (κ2) is 9.97. The van der Waals surface area contributed by atoms with Gasteiger partial charge in [0.15, 0.2) is 0 Å². The molecule has 0 radical (unpaired) electrons. The minimum Gasteiger partial charge on any atom is -0.331 e. The molecule has 2 fully saturated rings. The zero-order chi connectivity index (χ0) is 18.7. The number of nitrogens with zero attached hydrogens (tertiary/aromatic N) is 1. The normalized spacial score (nSPS) is 25.0. The van der Waals surface area contributed by atoms with E-state index in [0.717, 1.165) is 32.1 Å². The van der Waals surface area contributed by atoms with Gasteiger partial charge in [-0.2, -0.15) is 0 Å². The van der Waals surface area contributed by atoms with Gasteiger partial charge in [-0.05, 0) is 56.2 Å². The lowest BCUT2D eigenvalue weighted by Gasteiger charge is -2.35. The number of amides is 2. The summed E-state index contributed by atoms with van der Waals surface area (Å²) in [5.41, 5.74) is 6.58. The van der Waals surface area contributed by atoms with Crippen molar-refractivity contribution in [1.82, 2.24) is 4.90 Å². The number of carbonyl (C=O) groups is 2. The number of hydrogen-bond donors (Lipinski definition) is 2. The predicted molar refractivity (Wildman–Crippen MR) is 112 cm³/mol. The lowest BCUT2D eigenvalue weighted by Crippen LogP contribution is -2.50. The molecule has 3 N–H and O–H groups in total. The van der Waals surface area contributed by atoms with E-state index in [0.29, 0.717) is 35.1 Å². The van der Waals surface area contributed by atoms with Gasteiger partial charge in [0.1, 0.15) is 6.04 Å². The summed E-state index contributed by atoms with van der Waals surface area (Å²) in [5.74, 6) is 0.0536. The average Bonchev–Trinajstić information content (AvgIpc) is 3.03. The first kappa shape index (κ1) is 22.3. The number of rotatable bonds is 4. The summed E-state index contributed by atoms with van der Waals surface area (Å²) >= 11 is 12.1. The number of benzene rings is 1. The minimum atomic E-state index is -0.469. The van der Waals surface area contributed by atoms with Gasteiger partial charge < -0.3 is 16.0 Å². The highest BCUT2D eigenvalue weighted by molar-refractivity contribution is 6.35. The molecule has 2 amide bonds. The maximum absolute atomic E-state index is 12.8. The van der Waals surface area contributed by atoms with Crippen LogP contribution in [-0.4, -0.2) is 35.3 Å². The molecule has 150 valence electrons. The first-order valence-corrected chi connectivity index (χ1v) is 10.0. The Kier molecular flexibility index (Phi) is 8.22. The van der Waals surface area contributed by atoms with Crippen molar-refractivity contribution in [3.63, 3.8) is 0 Å². The molecule has 27 heavy (non-hydrogen) atoms. The molecule has 3 rings (SSSR count). The molecular formula is C19H26Cl3N3O2. The van der Waals surface area contributed by atoms with E-state index in [2.05, 4.69) is 5.32 Å². The lowest BCUT2D eigenvalue weighted by molar-refractivity contribution is -0.141. The van der Waals surface area contributed by atoms with Crippen LogP contribution in [0.15, 0.2) is 18.2 Å². The number of carbonyl (C=O) groups excluding carboxylic acids is 2. The molecule has 0 aromatic heterocycles. The van der Waals surface area contributed by atoms with Crippen molar-refractivity contribution < 1.29 is 9.59 Å². The van der Waals surface area contributed by atoms with E-state index in [9.17, 15) is 9.59 Å². The third kappa shape index (κ3) is 5.50. The largest absolute Gasteiger partial charge is 0.331 e. The van der Waals surface area contributed by atoms with E-state index in [-0.39, 0.29) is 36.2 Å². The van der Waals surface area contributed by atoms with Gasteiger partial charge in [0, 0.05) is 24.0 Å². The van der Waals surface area contributed by atoms with Gasteiger partial charge in [-0.15, -0.1) is 12.4 Å². The van der Waals surface area contributed by atoms with Crippen LogP contribution in [0, 0.1) is 5.92 Å². The molecule has 1 unspecified atom stereocenters. The van der Waals surface area contributed by atoms with Crippen LogP contribution in [0.4, 0.5) is 5.69 Å². The topological polar surface area (TPSA) is 75.4 Å². The van der Waals surface area contributed by atoms with Gasteiger partial charge in [0.25, 0.3) is 0 Å². The number of nitrogens with one attached hydrogen (secondary N) is 1. The Balaban J connectivity index is 0.00000261. The summed E-state index contributed by atoms with van der Waals surface area (Å²) in [6.07, 6.45) is 5.99. The van der Waals surface area contributed by atoms with Gasteiger partial charge in [0.2, 0.25) is 11.8 Å². The summed E-state index contributed by atoms with van der Waals surface area (Å²) in [6, 6.07) is 4.56. The molecule has 1 heterocycles. The van der Waals surface area contributed by atoms with E-state index in [1.165, 1.54) is 0 Å². The maximum Gasteiger partial charge on any atom is 0.247 e. The molecule has 0 bridgehead atoms. The minimum absolute atomic E-state index is 0. The van der Waals surface area contributed by atoms with Gasteiger partial charge in [-0.25, -0.2) is 0 Å². The Morgan fingerprint density at radius 3 is 2.63 bits per heavy atom.